The number of aryl methyl sites for hydroxylation is 2. The summed E-state index contributed by atoms with van der Waals surface area (Å²) < 4.78 is 7.75. The first-order valence-corrected chi connectivity index (χ1v) is 12.5. The number of fused-ring (bicyclic) bond motifs is 1. The fourth-order valence-corrected chi connectivity index (χ4v) is 5.36. The highest BCUT2D eigenvalue weighted by Gasteiger charge is 2.20. The number of benzene rings is 2. The van der Waals surface area contributed by atoms with Gasteiger partial charge in [-0.15, -0.1) is 11.3 Å². The van der Waals surface area contributed by atoms with Crippen molar-refractivity contribution in [2.45, 2.75) is 39.7 Å². The Bertz CT molecular complexity index is 1320. The minimum absolute atomic E-state index is 0.0406. The van der Waals surface area contributed by atoms with Gasteiger partial charge >= 0.3 is 0 Å². The number of anilines is 1. The molecule has 34 heavy (non-hydrogen) atoms. The number of carbonyl (C=O) groups is 2. The van der Waals surface area contributed by atoms with Gasteiger partial charge in [-0.05, 0) is 62.1 Å². The summed E-state index contributed by atoms with van der Waals surface area (Å²) in [4.78, 5) is 31.8. The SMILES string of the molecule is Cc1ccc(C)c(N=c2scc(-c3ccc4c(c3)NC(=O)CO4)n2CCCN2CCCC2=O)c1. The number of carbonyl (C=O) groups excluding carboxylic acids is 2. The number of ether oxygens (including phenoxy) is 1. The third kappa shape index (κ3) is 4.63. The third-order valence-electron chi connectivity index (χ3n) is 6.27. The smallest absolute Gasteiger partial charge is 0.262 e. The maximum atomic E-state index is 12.1. The van der Waals surface area contributed by atoms with Gasteiger partial charge in [0.05, 0.1) is 17.1 Å². The molecule has 1 fully saturated rings. The third-order valence-corrected chi connectivity index (χ3v) is 7.13. The molecule has 5 rings (SSSR count). The van der Waals surface area contributed by atoms with Crippen molar-refractivity contribution >= 4 is 34.5 Å². The Balaban J connectivity index is 1.51. The lowest BCUT2D eigenvalue weighted by Gasteiger charge is -2.19. The van der Waals surface area contributed by atoms with Crippen LogP contribution in [0.15, 0.2) is 46.8 Å². The van der Waals surface area contributed by atoms with Crippen LogP contribution in [-0.4, -0.2) is 41.0 Å². The highest BCUT2D eigenvalue weighted by Crippen LogP contribution is 2.33. The Morgan fingerprint density at radius 1 is 1.12 bits per heavy atom. The lowest BCUT2D eigenvalue weighted by molar-refractivity contribution is -0.127. The molecule has 1 N–H and O–H groups in total. The van der Waals surface area contributed by atoms with Gasteiger partial charge in [-0.3, -0.25) is 9.59 Å². The second kappa shape index (κ2) is 9.46. The van der Waals surface area contributed by atoms with Gasteiger partial charge in [0.2, 0.25) is 5.91 Å². The fraction of sp³-hybridized carbons (Fsp3) is 0.346. The molecule has 0 atom stereocenters. The minimum atomic E-state index is -0.149. The molecule has 0 radical (unpaired) electrons. The van der Waals surface area contributed by atoms with E-state index in [1.165, 1.54) is 5.56 Å². The Labute approximate surface area is 202 Å². The zero-order valence-corrected chi connectivity index (χ0v) is 20.3. The molecule has 1 aromatic heterocycles. The Morgan fingerprint density at radius 2 is 2.00 bits per heavy atom. The number of thiazole rings is 1. The van der Waals surface area contributed by atoms with Crippen molar-refractivity contribution in [1.82, 2.24) is 9.47 Å². The molecule has 0 unspecified atom stereocenters. The van der Waals surface area contributed by atoms with Gasteiger partial charge in [0.1, 0.15) is 5.75 Å². The lowest BCUT2D eigenvalue weighted by Crippen LogP contribution is -2.27. The van der Waals surface area contributed by atoms with E-state index in [2.05, 4.69) is 47.3 Å². The van der Waals surface area contributed by atoms with E-state index in [0.717, 1.165) is 59.8 Å². The van der Waals surface area contributed by atoms with E-state index in [1.807, 2.05) is 23.1 Å². The van der Waals surface area contributed by atoms with Gasteiger partial charge in [-0.25, -0.2) is 4.99 Å². The highest BCUT2D eigenvalue weighted by molar-refractivity contribution is 7.07. The normalized spacial score (nSPS) is 15.9. The predicted molar refractivity (Wildman–Crippen MR) is 133 cm³/mol. The van der Waals surface area contributed by atoms with Crippen LogP contribution in [0, 0.1) is 13.8 Å². The molecule has 176 valence electrons. The van der Waals surface area contributed by atoms with Crippen molar-refractivity contribution in [2.24, 2.45) is 4.99 Å². The molecular formula is C26H28N4O3S. The summed E-state index contributed by atoms with van der Waals surface area (Å²) in [6, 6.07) is 12.2. The Kier molecular flexibility index (Phi) is 6.24. The van der Waals surface area contributed by atoms with E-state index < -0.39 is 0 Å². The van der Waals surface area contributed by atoms with E-state index in [9.17, 15) is 9.59 Å². The minimum Gasteiger partial charge on any atom is -0.482 e. The maximum Gasteiger partial charge on any atom is 0.262 e. The van der Waals surface area contributed by atoms with Gasteiger partial charge in [-0.1, -0.05) is 12.1 Å². The van der Waals surface area contributed by atoms with E-state index in [0.29, 0.717) is 17.9 Å². The molecule has 7 nitrogen and oxygen atoms in total. The van der Waals surface area contributed by atoms with Crippen LogP contribution >= 0.6 is 11.3 Å². The molecule has 3 heterocycles. The van der Waals surface area contributed by atoms with Gasteiger partial charge in [0.25, 0.3) is 5.91 Å². The average Bonchev–Trinajstić information content (AvgIpc) is 3.42. The van der Waals surface area contributed by atoms with Crippen LogP contribution in [0.1, 0.15) is 30.4 Å². The molecular weight excluding hydrogens is 448 g/mol. The van der Waals surface area contributed by atoms with Crippen LogP contribution in [0.3, 0.4) is 0 Å². The van der Waals surface area contributed by atoms with Crippen LogP contribution in [0.25, 0.3) is 11.3 Å². The summed E-state index contributed by atoms with van der Waals surface area (Å²) in [6.45, 7) is 6.53. The van der Waals surface area contributed by atoms with Gasteiger partial charge in [-0.2, -0.15) is 0 Å². The quantitative estimate of drug-likeness (QED) is 0.573. The number of likely N-dealkylation sites (tertiary alicyclic amines) is 1. The van der Waals surface area contributed by atoms with Crippen molar-refractivity contribution in [3.63, 3.8) is 0 Å². The standard InChI is InChI=1S/C26H28N4O3S/c1-17-6-7-18(2)20(13-17)28-26-30(12-4-11-29-10-3-5-25(29)32)22(16-34-26)19-8-9-23-21(14-19)27-24(31)15-33-23/h6-9,13-14,16H,3-5,10-12,15H2,1-2H3,(H,27,31). The van der Waals surface area contributed by atoms with Gasteiger partial charge in [0, 0.05) is 37.0 Å². The van der Waals surface area contributed by atoms with Crippen molar-refractivity contribution in [3.05, 3.63) is 57.7 Å². The summed E-state index contributed by atoms with van der Waals surface area (Å²) in [5.74, 6) is 0.781. The van der Waals surface area contributed by atoms with Crippen molar-refractivity contribution in [2.75, 3.05) is 25.0 Å². The zero-order chi connectivity index (χ0) is 23.7. The van der Waals surface area contributed by atoms with E-state index in [1.54, 1.807) is 11.3 Å². The zero-order valence-electron chi connectivity index (χ0n) is 19.5. The van der Waals surface area contributed by atoms with E-state index in [-0.39, 0.29) is 18.4 Å². The topological polar surface area (TPSA) is 75.9 Å². The summed E-state index contributed by atoms with van der Waals surface area (Å²) in [5.41, 5.74) is 5.96. The number of aromatic nitrogens is 1. The second-order valence-corrected chi connectivity index (χ2v) is 9.68. The first-order chi connectivity index (χ1) is 16.5. The van der Waals surface area contributed by atoms with Crippen LogP contribution < -0.4 is 14.9 Å². The van der Waals surface area contributed by atoms with Crippen LogP contribution in [0.5, 0.6) is 5.75 Å². The molecule has 8 heteroatoms. The second-order valence-electron chi connectivity index (χ2n) is 8.84. The van der Waals surface area contributed by atoms with Crippen molar-refractivity contribution < 1.29 is 14.3 Å². The van der Waals surface area contributed by atoms with Crippen LogP contribution in [0.2, 0.25) is 0 Å². The average molecular weight is 477 g/mol. The molecule has 2 aromatic carbocycles. The monoisotopic (exact) mass is 476 g/mol. The molecule has 0 aliphatic carbocycles. The molecule has 2 aliphatic heterocycles. The number of amides is 2. The van der Waals surface area contributed by atoms with E-state index in [4.69, 9.17) is 9.73 Å². The number of hydrogen-bond donors (Lipinski definition) is 1. The fourth-order valence-electron chi connectivity index (χ4n) is 4.41. The van der Waals surface area contributed by atoms with E-state index >= 15 is 0 Å². The van der Waals surface area contributed by atoms with Crippen LogP contribution in [0.4, 0.5) is 11.4 Å². The molecule has 2 aliphatic rings. The summed E-state index contributed by atoms with van der Waals surface area (Å²) in [6.07, 6.45) is 2.46. The number of nitrogens with one attached hydrogen (secondary N) is 1. The predicted octanol–water partition coefficient (Wildman–Crippen LogP) is 4.41. The van der Waals surface area contributed by atoms with Crippen molar-refractivity contribution in [1.29, 1.82) is 0 Å². The molecule has 2 amide bonds. The summed E-state index contributed by atoms with van der Waals surface area (Å²) in [5, 5.41) is 5.01. The van der Waals surface area contributed by atoms with Crippen LogP contribution in [-0.2, 0) is 16.1 Å². The summed E-state index contributed by atoms with van der Waals surface area (Å²) in [7, 11) is 0. The maximum absolute atomic E-state index is 12.1. The lowest BCUT2D eigenvalue weighted by atomic mass is 10.1. The van der Waals surface area contributed by atoms with Crippen molar-refractivity contribution in [3.8, 4) is 17.0 Å². The molecule has 3 aromatic rings. The first-order valence-electron chi connectivity index (χ1n) is 11.6. The molecule has 1 saturated heterocycles. The molecule has 0 spiro atoms. The van der Waals surface area contributed by atoms with Gasteiger partial charge < -0.3 is 19.5 Å². The Morgan fingerprint density at radius 3 is 2.82 bits per heavy atom. The molecule has 0 bridgehead atoms. The number of hydrogen-bond acceptors (Lipinski definition) is 5. The summed E-state index contributed by atoms with van der Waals surface area (Å²) >= 11 is 1.60. The highest BCUT2D eigenvalue weighted by atomic mass is 32.1. The largest absolute Gasteiger partial charge is 0.482 e. The van der Waals surface area contributed by atoms with Gasteiger partial charge in [0.15, 0.2) is 11.4 Å². The number of rotatable bonds is 6. The molecule has 0 saturated carbocycles. The first kappa shape index (κ1) is 22.4. The Hall–Kier alpha value is -3.39. The number of nitrogens with zero attached hydrogens (tertiary/aromatic N) is 3.